The van der Waals surface area contributed by atoms with Gasteiger partial charge in [-0.2, -0.15) is 0 Å². The maximum Gasteiger partial charge on any atom is 0.225 e. The van der Waals surface area contributed by atoms with Crippen LogP contribution in [0.15, 0.2) is 6.07 Å². The Morgan fingerprint density at radius 2 is 2.11 bits per heavy atom. The van der Waals surface area contributed by atoms with Crippen LogP contribution in [0.4, 0.5) is 5.95 Å². The van der Waals surface area contributed by atoms with Crippen LogP contribution in [0.1, 0.15) is 24.2 Å². The molecule has 5 nitrogen and oxygen atoms in total. The van der Waals surface area contributed by atoms with E-state index in [1.807, 2.05) is 20.0 Å². The van der Waals surface area contributed by atoms with Gasteiger partial charge in [0.25, 0.3) is 0 Å². The first-order valence-corrected chi connectivity index (χ1v) is 6.50. The Balaban J connectivity index is 2.15. The molecule has 0 saturated carbocycles. The third-order valence-corrected chi connectivity index (χ3v) is 3.31. The molecule has 1 fully saturated rings. The largest absolute Gasteiger partial charge is 0.381 e. The van der Waals surface area contributed by atoms with E-state index in [9.17, 15) is 0 Å². The lowest BCUT2D eigenvalue weighted by Gasteiger charge is -2.31. The second-order valence-corrected chi connectivity index (χ2v) is 4.79. The molecule has 0 aromatic carbocycles. The molecule has 0 radical (unpaired) electrons. The van der Waals surface area contributed by atoms with Crippen LogP contribution in [0.5, 0.6) is 0 Å². The first-order chi connectivity index (χ1) is 8.70. The number of nitrogens with zero attached hydrogens (tertiary/aromatic N) is 3. The van der Waals surface area contributed by atoms with Crippen molar-refractivity contribution in [1.29, 1.82) is 0 Å². The molecule has 0 spiro atoms. The van der Waals surface area contributed by atoms with Gasteiger partial charge in [0, 0.05) is 38.5 Å². The number of rotatable bonds is 4. The lowest BCUT2D eigenvalue weighted by atomic mass is 10.1. The molecule has 0 bridgehead atoms. The Bertz CT molecular complexity index is 391. The number of hydrogen-bond acceptors (Lipinski definition) is 5. The Hall–Kier alpha value is -1.20. The topological polar surface area (TPSA) is 50.3 Å². The van der Waals surface area contributed by atoms with Gasteiger partial charge >= 0.3 is 0 Å². The number of aryl methyl sites for hydroxylation is 1. The van der Waals surface area contributed by atoms with Crippen molar-refractivity contribution in [1.82, 2.24) is 15.3 Å². The van der Waals surface area contributed by atoms with Gasteiger partial charge in [-0.3, -0.25) is 0 Å². The number of nitrogens with one attached hydrogen (secondary N) is 1. The summed E-state index contributed by atoms with van der Waals surface area (Å²) in [5, 5.41) is 3.13. The van der Waals surface area contributed by atoms with Gasteiger partial charge in [-0.15, -0.1) is 0 Å². The number of ether oxygens (including phenoxy) is 1. The smallest absolute Gasteiger partial charge is 0.225 e. The Labute approximate surface area is 109 Å². The Kier molecular flexibility index (Phi) is 4.49. The van der Waals surface area contributed by atoms with Crippen molar-refractivity contribution in [2.45, 2.75) is 32.4 Å². The molecule has 2 rings (SSSR count). The van der Waals surface area contributed by atoms with Gasteiger partial charge in [0.15, 0.2) is 0 Å². The van der Waals surface area contributed by atoms with Crippen molar-refractivity contribution in [3.05, 3.63) is 17.5 Å². The van der Waals surface area contributed by atoms with E-state index < -0.39 is 0 Å². The van der Waals surface area contributed by atoms with E-state index in [0.717, 1.165) is 49.9 Å². The van der Waals surface area contributed by atoms with Crippen LogP contribution in [0.25, 0.3) is 0 Å². The van der Waals surface area contributed by atoms with Crippen LogP contribution < -0.4 is 10.2 Å². The van der Waals surface area contributed by atoms with Gasteiger partial charge in [0.05, 0.1) is 5.69 Å². The summed E-state index contributed by atoms with van der Waals surface area (Å²) in [7, 11) is 4.01. The maximum atomic E-state index is 5.39. The molecule has 0 unspecified atom stereocenters. The Morgan fingerprint density at radius 1 is 1.39 bits per heavy atom. The molecule has 100 valence electrons. The van der Waals surface area contributed by atoms with Crippen LogP contribution in [-0.4, -0.2) is 43.3 Å². The summed E-state index contributed by atoms with van der Waals surface area (Å²) in [6.45, 7) is 4.47. The lowest BCUT2D eigenvalue weighted by Crippen LogP contribution is -2.37. The van der Waals surface area contributed by atoms with Crippen molar-refractivity contribution >= 4 is 5.95 Å². The van der Waals surface area contributed by atoms with Crippen molar-refractivity contribution in [2.24, 2.45) is 0 Å². The van der Waals surface area contributed by atoms with Crippen LogP contribution in [0, 0.1) is 6.92 Å². The van der Waals surface area contributed by atoms with Gasteiger partial charge < -0.3 is 15.0 Å². The summed E-state index contributed by atoms with van der Waals surface area (Å²) in [5.41, 5.74) is 2.06. The van der Waals surface area contributed by atoms with Crippen LogP contribution >= 0.6 is 0 Å². The summed E-state index contributed by atoms with van der Waals surface area (Å²) < 4.78 is 5.39. The highest BCUT2D eigenvalue weighted by atomic mass is 16.5. The standard InChI is InChI=1S/C13H22N4O/c1-10-8-11(9-14-2)16-13(15-10)17(3)12-4-6-18-7-5-12/h8,12,14H,4-7,9H2,1-3H3. The minimum absolute atomic E-state index is 0.489. The van der Waals surface area contributed by atoms with Crippen molar-refractivity contribution in [3.8, 4) is 0 Å². The van der Waals surface area contributed by atoms with Crippen molar-refractivity contribution in [2.75, 3.05) is 32.2 Å². The molecular formula is C13H22N4O. The Morgan fingerprint density at radius 3 is 2.78 bits per heavy atom. The van der Waals surface area contributed by atoms with Gasteiger partial charge in [-0.25, -0.2) is 9.97 Å². The average Bonchev–Trinajstić information content (AvgIpc) is 2.38. The van der Waals surface area contributed by atoms with E-state index in [-0.39, 0.29) is 0 Å². The van der Waals surface area contributed by atoms with Gasteiger partial charge in [0.2, 0.25) is 5.95 Å². The molecule has 0 aliphatic carbocycles. The summed E-state index contributed by atoms with van der Waals surface area (Å²) in [5.74, 6) is 0.826. The van der Waals surface area contributed by atoms with Gasteiger partial charge in [0.1, 0.15) is 0 Å². The average molecular weight is 250 g/mol. The zero-order chi connectivity index (χ0) is 13.0. The number of anilines is 1. The van der Waals surface area contributed by atoms with Gasteiger partial charge in [-0.1, -0.05) is 0 Å². The molecule has 1 aromatic heterocycles. The molecule has 18 heavy (non-hydrogen) atoms. The van der Waals surface area contributed by atoms with E-state index in [2.05, 4.69) is 27.2 Å². The minimum atomic E-state index is 0.489. The highest BCUT2D eigenvalue weighted by Crippen LogP contribution is 2.18. The van der Waals surface area contributed by atoms with E-state index in [4.69, 9.17) is 4.74 Å². The first-order valence-electron chi connectivity index (χ1n) is 6.50. The van der Waals surface area contributed by atoms with Crippen molar-refractivity contribution < 1.29 is 4.74 Å². The summed E-state index contributed by atoms with van der Waals surface area (Å²) >= 11 is 0. The SMILES string of the molecule is CNCc1cc(C)nc(N(C)C2CCOCC2)n1. The van der Waals surface area contributed by atoms with E-state index in [1.54, 1.807) is 0 Å². The molecule has 1 aromatic rings. The molecule has 1 aliphatic rings. The molecule has 5 heteroatoms. The fraction of sp³-hybridized carbons (Fsp3) is 0.692. The van der Waals surface area contributed by atoms with E-state index >= 15 is 0 Å². The second-order valence-electron chi connectivity index (χ2n) is 4.79. The second kappa shape index (κ2) is 6.11. The highest BCUT2D eigenvalue weighted by Gasteiger charge is 2.20. The summed E-state index contributed by atoms with van der Waals surface area (Å²) in [6, 6.07) is 2.51. The first kappa shape index (κ1) is 13.2. The molecule has 2 heterocycles. The predicted molar refractivity (Wildman–Crippen MR) is 71.8 cm³/mol. The third kappa shape index (κ3) is 3.17. The fourth-order valence-electron chi connectivity index (χ4n) is 2.28. The molecule has 1 saturated heterocycles. The van der Waals surface area contributed by atoms with Crippen molar-refractivity contribution in [3.63, 3.8) is 0 Å². The van der Waals surface area contributed by atoms with Crippen LogP contribution in [-0.2, 0) is 11.3 Å². The third-order valence-electron chi connectivity index (χ3n) is 3.31. The molecule has 0 atom stereocenters. The summed E-state index contributed by atoms with van der Waals surface area (Å²) in [4.78, 5) is 11.3. The zero-order valence-electron chi connectivity index (χ0n) is 11.4. The molecule has 1 N–H and O–H groups in total. The minimum Gasteiger partial charge on any atom is -0.381 e. The molecular weight excluding hydrogens is 228 g/mol. The zero-order valence-corrected chi connectivity index (χ0v) is 11.4. The quantitative estimate of drug-likeness (QED) is 0.868. The number of aromatic nitrogens is 2. The maximum absolute atomic E-state index is 5.39. The highest BCUT2D eigenvalue weighted by molar-refractivity contribution is 5.33. The predicted octanol–water partition coefficient (Wildman–Crippen LogP) is 1.12. The monoisotopic (exact) mass is 250 g/mol. The van der Waals surface area contributed by atoms with E-state index in [1.165, 1.54) is 0 Å². The van der Waals surface area contributed by atoms with Crippen LogP contribution in [0.3, 0.4) is 0 Å². The molecule has 0 amide bonds. The normalized spacial score (nSPS) is 16.8. The van der Waals surface area contributed by atoms with Gasteiger partial charge in [-0.05, 0) is 32.9 Å². The van der Waals surface area contributed by atoms with Crippen LogP contribution in [0.2, 0.25) is 0 Å². The summed E-state index contributed by atoms with van der Waals surface area (Å²) in [6.07, 6.45) is 2.10. The fourth-order valence-corrected chi connectivity index (χ4v) is 2.28. The number of hydrogen-bond donors (Lipinski definition) is 1. The lowest BCUT2D eigenvalue weighted by molar-refractivity contribution is 0.0852. The molecule has 1 aliphatic heterocycles. The van der Waals surface area contributed by atoms with E-state index in [0.29, 0.717) is 6.04 Å².